The third-order valence-corrected chi connectivity index (χ3v) is 12.5. The Labute approximate surface area is 428 Å². The van der Waals surface area contributed by atoms with Gasteiger partial charge in [-0.05, 0) is 110 Å². The molecule has 26 heteroatoms. The molecule has 402 valence electrons. The summed E-state index contributed by atoms with van der Waals surface area (Å²) in [6.45, 7) is 3.88. The van der Waals surface area contributed by atoms with Crippen LogP contribution in [-0.4, -0.2) is 159 Å². The number of ether oxygens (including phenoxy) is 8. The first-order valence-corrected chi connectivity index (χ1v) is 25.9. The Balaban J connectivity index is 0.889. The summed E-state index contributed by atoms with van der Waals surface area (Å²) in [5.74, 6) is -2.13. The normalized spacial score (nSPS) is 11.1. The number of urea groups is 2. The van der Waals surface area contributed by atoms with E-state index in [0.29, 0.717) is 37.4 Å². The summed E-state index contributed by atoms with van der Waals surface area (Å²) in [6, 6.07) is 20.9. The summed E-state index contributed by atoms with van der Waals surface area (Å²) >= 11 is 0. The van der Waals surface area contributed by atoms with Gasteiger partial charge in [0.25, 0.3) is 31.9 Å². The summed E-state index contributed by atoms with van der Waals surface area (Å²) in [4.78, 5) is 71.8. The van der Waals surface area contributed by atoms with Crippen LogP contribution in [0.1, 0.15) is 54.3 Å². The van der Waals surface area contributed by atoms with Crippen molar-refractivity contribution in [1.82, 2.24) is 30.7 Å². The molecule has 0 aliphatic heterocycles. The zero-order chi connectivity index (χ0) is 53.6. The quantitative estimate of drug-likeness (QED) is 0.0295. The number of rotatable bonds is 33. The Hall–Kier alpha value is -7.36. The van der Waals surface area contributed by atoms with Crippen LogP contribution in [0.15, 0.2) is 107 Å². The maximum atomic E-state index is 12.7. The van der Waals surface area contributed by atoms with E-state index in [0.717, 1.165) is 0 Å². The lowest BCUT2D eigenvalue weighted by atomic mass is 10.1. The van der Waals surface area contributed by atoms with Crippen LogP contribution in [-0.2, 0) is 48.5 Å². The van der Waals surface area contributed by atoms with E-state index in [-0.39, 0.29) is 123 Å². The fraction of sp³-hybridized carbons (Fsp3) is 0.375. The van der Waals surface area contributed by atoms with Crippen molar-refractivity contribution in [3.8, 4) is 11.5 Å². The molecule has 0 aliphatic carbocycles. The van der Waals surface area contributed by atoms with Crippen molar-refractivity contribution in [1.29, 1.82) is 0 Å². The predicted octanol–water partition coefficient (Wildman–Crippen LogP) is 2.40. The van der Waals surface area contributed by atoms with Crippen LogP contribution in [0.2, 0.25) is 0 Å². The lowest BCUT2D eigenvalue weighted by molar-refractivity contribution is 0.0377. The number of esters is 2. The molecule has 74 heavy (non-hydrogen) atoms. The van der Waals surface area contributed by atoms with Gasteiger partial charge in [-0.15, -0.1) is 0 Å². The molecular weight excluding hydrogens is 1010 g/mol. The third-order valence-electron chi connectivity index (χ3n) is 9.83. The molecule has 0 bridgehead atoms. The molecular formula is C48H60N6O18S2. The molecule has 6 N–H and O–H groups in total. The number of carbonyl (C=O) groups excluding carboxylic acids is 6. The van der Waals surface area contributed by atoms with E-state index in [2.05, 4.69) is 30.7 Å². The zero-order valence-electron chi connectivity index (χ0n) is 40.7. The summed E-state index contributed by atoms with van der Waals surface area (Å²) in [7, 11) is -5.91. The Kier molecular flexibility index (Phi) is 25.6. The summed E-state index contributed by atoms with van der Waals surface area (Å²) in [5.41, 5.74) is 0.509. The van der Waals surface area contributed by atoms with Crippen molar-refractivity contribution in [2.75, 3.05) is 106 Å². The minimum absolute atomic E-state index is 0.0415. The van der Waals surface area contributed by atoms with Gasteiger partial charge >= 0.3 is 24.0 Å². The van der Waals surface area contributed by atoms with Gasteiger partial charge in [0.05, 0.1) is 88.0 Å². The van der Waals surface area contributed by atoms with Crippen molar-refractivity contribution >= 4 is 55.9 Å². The fourth-order valence-electron chi connectivity index (χ4n) is 5.99. The van der Waals surface area contributed by atoms with Gasteiger partial charge in [-0.3, -0.25) is 9.59 Å². The van der Waals surface area contributed by atoms with Crippen LogP contribution < -0.4 is 40.2 Å². The number of hydrogen-bond acceptors (Lipinski definition) is 18. The average Bonchev–Trinajstić information content (AvgIpc) is 3.40. The van der Waals surface area contributed by atoms with E-state index in [9.17, 15) is 45.6 Å². The number of carbonyl (C=O) groups is 6. The van der Waals surface area contributed by atoms with Gasteiger partial charge in [0.15, 0.2) is 0 Å². The number of benzene rings is 4. The maximum Gasteiger partial charge on any atom is 0.337 e. The van der Waals surface area contributed by atoms with Crippen molar-refractivity contribution in [3.63, 3.8) is 0 Å². The maximum absolute atomic E-state index is 12.7. The Bertz CT molecular complexity index is 2460. The molecule has 0 saturated carbocycles. The minimum atomic E-state index is -4.18. The highest BCUT2D eigenvalue weighted by Crippen LogP contribution is 2.18. The molecule has 6 amide bonds. The SMILES string of the molecule is COC(=O)c1ccc(C(=O)NS(=O)(=O)c2ccc(OCCOCCOCCNC(=O)NCCCCNC(=O)NCCOCCOCCOc3ccc(S(=O)(=O)NC(=O)c4ccc(C(=O)OC)cc4)cc3)cc2)cc1. The number of sulfonamides is 2. The topological polar surface area (TPSA) is 317 Å². The van der Waals surface area contributed by atoms with E-state index in [1.54, 1.807) is 0 Å². The van der Waals surface area contributed by atoms with Gasteiger partial charge in [-0.2, -0.15) is 0 Å². The molecule has 0 spiro atoms. The molecule has 0 atom stereocenters. The number of amides is 6. The Morgan fingerprint density at radius 3 is 1.01 bits per heavy atom. The monoisotopic (exact) mass is 1070 g/mol. The molecule has 24 nitrogen and oxygen atoms in total. The lowest BCUT2D eigenvalue weighted by Gasteiger charge is -2.11. The number of methoxy groups -OCH3 is 2. The van der Waals surface area contributed by atoms with E-state index >= 15 is 0 Å². The fourth-order valence-corrected chi connectivity index (χ4v) is 7.94. The molecule has 0 unspecified atom stereocenters. The summed E-state index contributed by atoms with van der Waals surface area (Å²) < 4.78 is 97.0. The van der Waals surface area contributed by atoms with E-state index in [1.807, 2.05) is 9.44 Å². The molecule has 0 heterocycles. The van der Waals surface area contributed by atoms with Crippen LogP contribution in [0.4, 0.5) is 9.59 Å². The van der Waals surface area contributed by atoms with Crippen molar-refractivity contribution < 1.29 is 83.5 Å². The van der Waals surface area contributed by atoms with Crippen LogP contribution >= 0.6 is 0 Å². The number of unbranched alkanes of at least 4 members (excludes halogenated alkanes) is 1. The standard InChI is InChI=1S/C48H60N6O18S2/c1-65-45(57)37-9-5-35(6-10-37)43(55)53-73(61,62)41-17-13-39(14-18-41)71-33-31-69-29-27-67-25-23-51-47(59)49-21-3-4-22-50-48(60)52-24-26-68-28-30-70-32-34-72-40-15-19-42(20-16-40)74(63,64)54-44(56)36-7-11-38(12-8-36)46(58)66-2/h5-20H,3-4,21-34H2,1-2H3,(H,53,55)(H,54,56)(H2,49,51,59)(H2,50,52,60). The van der Waals surface area contributed by atoms with Crippen molar-refractivity contribution in [2.45, 2.75) is 22.6 Å². The molecule has 0 radical (unpaired) electrons. The summed E-state index contributed by atoms with van der Waals surface area (Å²) in [5, 5.41) is 10.8. The predicted molar refractivity (Wildman–Crippen MR) is 264 cm³/mol. The minimum Gasteiger partial charge on any atom is -0.491 e. The van der Waals surface area contributed by atoms with E-state index in [4.69, 9.17) is 28.4 Å². The first-order valence-electron chi connectivity index (χ1n) is 22.9. The van der Waals surface area contributed by atoms with E-state index in [1.165, 1.54) is 111 Å². The first kappa shape index (κ1) is 59.2. The van der Waals surface area contributed by atoms with E-state index < -0.39 is 43.8 Å². The van der Waals surface area contributed by atoms with Crippen LogP contribution in [0.5, 0.6) is 11.5 Å². The molecule has 4 rings (SSSR count). The molecule has 4 aromatic carbocycles. The second kappa shape index (κ2) is 32.0. The van der Waals surface area contributed by atoms with Crippen molar-refractivity contribution in [3.05, 3.63) is 119 Å². The van der Waals surface area contributed by atoms with Gasteiger partial charge in [0.1, 0.15) is 24.7 Å². The smallest absolute Gasteiger partial charge is 0.337 e. The Morgan fingerprint density at radius 2 is 0.676 bits per heavy atom. The second-order valence-electron chi connectivity index (χ2n) is 15.2. The molecule has 0 fully saturated rings. The van der Waals surface area contributed by atoms with Gasteiger partial charge in [0.2, 0.25) is 0 Å². The van der Waals surface area contributed by atoms with Crippen LogP contribution in [0.25, 0.3) is 0 Å². The van der Waals surface area contributed by atoms with Gasteiger partial charge in [0, 0.05) is 37.3 Å². The highest BCUT2D eigenvalue weighted by atomic mass is 32.2. The highest BCUT2D eigenvalue weighted by Gasteiger charge is 2.21. The van der Waals surface area contributed by atoms with Gasteiger partial charge < -0.3 is 59.2 Å². The van der Waals surface area contributed by atoms with Crippen LogP contribution in [0, 0.1) is 0 Å². The Morgan fingerprint density at radius 1 is 0.378 bits per heavy atom. The number of nitrogens with one attached hydrogen (secondary N) is 6. The molecule has 0 aromatic heterocycles. The lowest BCUT2D eigenvalue weighted by Crippen LogP contribution is -2.39. The van der Waals surface area contributed by atoms with Crippen LogP contribution in [0.3, 0.4) is 0 Å². The third kappa shape index (κ3) is 21.8. The van der Waals surface area contributed by atoms with Crippen molar-refractivity contribution in [2.24, 2.45) is 0 Å². The second-order valence-corrected chi connectivity index (χ2v) is 18.5. The average molecular weight is 1070 g/mol. The molecule has 4 aromatic rings. The number of hydrogen-bond donors (Lipinski definition) is 6. The van der Waals surface area contributed by atoms with Gasteiger partial charge in [-0.25, -0.2) is 45.5 Å². The van der Waals surface area contributed by atoms with Gasteiger partial charge in [-0.1, -0.05) is 0 Å². The molecule has 0 saturated heterocycles. The summed E-state index contributed by atoms with van der Waals surface area (Å²) in [6.07, 6.45) is 1.28. The highest BCUT2D eigenvalue weighted by molar-refractivity contribution is 7.90. The first-order chi connectivity index (χ1) is 35.6. The molecule has 0 aliphatic rings. The largest absolute Gasteiger partial charge is 0.491 e. The zero-order valence-corrected chi connectivity index (χ0v) is 42.3.